The molecule has 186 valence electrons. The Morgan fingerprint density at radius 2 is 1.58 bits per heavy atom. The number of nitrogens with one attached hydrogen (secondary N) is 1. The van der Waals surface area contributed by atoms with E-state index in [0.717, 1.165) is 16.3 Å². The van der Waals surface area contributed by atoms with Crippen LogP contribution in [0.5, 0.6) is 0 Å². The second kappa shape index (κ2) is 9.89. The van der Waals surface area contributed by atoms with E-state index in [-0.39, 0.29) is 18.4 Å². The number of nitrogens with zero attached hydrogens (tertiary/aromatic N) is 1. The van der Waals surface area contributed by atoms with Crippen molar-refractivity contribution in [1.29, 1.82) is 0 Å². The largest absolute Gasteiger partial charge is 0.321 e. The van der Waals surface area contributed by atoms with E-state index in [1.54, 1.807) is 59.5 Å². The number of carbonyl (C=O) groups is 2. The lowest BCUT2D eigenvalue weighted by Gasteiger charge is -2.24. The summed E-state index contributed by atoms with van der Waals surface area (Å²) in [7, 11) is -1.61. The Kier molecular flexibility index (Phi) is 6.27. The van der Waals surface area contributed by atoms with Gasteiger partial charge in [0, 0.05) is 21.7 Å². The third-order valence-electron chi connectivity index (χ3n) is 6.54. The Morgan fingerprint density at radius 3 is 2.45 bits per heavy atom. The van der Waals surface area contributed by atoms with Gasteiger partial charge in [-0.15, -0.1) is 0 Å². The monoisotopic (exact) mass is 536 g/mol. The molecule has 1 unspecified atom stereocenters. The van der Waals surface area contributed by atoms with Crippen LogP contribution in [-0.2, 0) is 17.3 Å². The van der Waals surface area contributed by atoms with Crippen molar-refractivity contribution in [1.82, 2.24) is 0 Å². The van der Waals surface area contributed by atoms with E-state index in [0.29, 0.717) is 37.3 Å². The molecule has 0 aromatic heterocycles. The quantitative estimate of drug-likeness (QED) is 0.267. The zero-order valence-corrected chi connectivity index (χ0v) is 21.6. The van der Waals surface area contributed by atoms with Gasteiger partial charge in [0.2, 0.25) is 0 Å². The standard InChI is InChI=1S/C31H21ClN2O3S/c32-23-10-5-7-20(17-23)19-34-27-18-22(30(35)33-26-13-6-9-21-8-1-2-11-24(21)26)15-16-29(27)38(37)28-14-4-3-12-25(28)31(34)36/h1-18H,19H2,(H,33,35). The van der Waals surface area contributed by atoms with Crippen LogP contribution in [0.15, 0.2) is 119 Å². The van der Waals surface area contributed by atoms with Gasteiger partial charge >= 0.3 is 0 Å². The minimum atomic E-state index is -1.61. The van der Waals surface area contributed by atoms with Crippen LogP contribution in [0, 0.1) is 0 Å². The van der Waals surface area contributed by atoms with Crippen molar-refractivity contribution in [3.63, 3.8) is 0 Å². The van der Waals surface area contributed by atoms with Gasteiger partial charge in [0.15, 0.2) is 0 Å². The SMILES string of the molecule is O=C(Nc1cccc2ccccc12)c1ccc2c(c1)N(Cc1cccc(Cl)c1)C(=O)c1ccccc1S2=O. The first-order valence-electron chi connectivity index (χ1n) is 12.0. The fourth-order valence-corrected chi connectivity index (χ4v) is 6.27. The summed E-state index contributed by atoms with van der Waals surface area (Å²) in [5.41, 5.74) is 2.64. The molecule has 38 heavy (non-hydrogen) atoms. The number of hydrogen-bond donors (Lipinski definition) is 1. The average molecular weight is 537 g/mol. The van der Waals surface area contributed by atoms with E-state index < -0.39 is 10.8 Å². The summed E-state index contributed by atoms with van der Waals surface area (Å²) in [5, 5.41) is 5.49. The first kappa shape index (κ1) is 24.1. The van der Waals surface area contributed by atoms with Crippen LogP contribution in [0.4, 0.5) is 11.4 Å². The summed E-state index contributed by atoms with van der Waals surface area (Å²) in [6, 6.07) is 32.7. The van der Waals surface area contributed by atoms with Crippen molar-refractivity contribution in [2.24, 2.45) is 0 Å². The number of halogens is 1. The third kappa shape index (κ3) is 4.38. The van der Waals surface area contributed by atoms with E-state index in [9.17, 15) is 13.8 Å². The first-order valence-corrected chi connectivity index (χ1v) is 13.5. The highest BCUT2D eigenvalue weighted by molar-refractivity contribution is 7.85. The Balaban J connectivity index is 1.44. The van der Waals surface area contributed by atoms with Gasteiger partial charge in [-0.2, -0.15) is 0 Å². The molecule has 1 N–H and O–H groups in total. The van der Waals surface area contributed by atoms with Crippen molar-refractivity contribution >= 4 is 56.4 Å². The highest BCUT2D eigenvalue weighted by Crippen LogP contribution is 2.36. The van der Waals surface area contributed by atoms with Gasteiger partial charge in [-0.25, -0.2) is 4.21 Å². The van der Waals surface area contributed by atoms with E-state index >= 15 is 0 Å². The summed E-state index contributed by atoms with van der Waals surface area (Å²) in [6.45, 7) is 0.201. The Hall–Kier alpha value is -4.26. The molecule has 5 aromatic carbocycles. The Labute approximate surface area is 227 Å². The molecule has 0 spiro atoms. The van der Waals surface area contributed by atoms with Crippen molar-refractivity contribution in [2.45, 2.75) is 16.3 Å². The maximum Gasteiger partial charge on any atom is 0.259 e. The van der Waals surface area contributed by atoms with Crippen LogP contribution >= 0.6 is 11.6 Å². The van der Waals surface area contributed by atoms with Crippen LogP contribution in [0.2, 0.25) is 5.02 Å². The number of carbonyl (C=O) groups excluding carboxylic acids is 2. The molecule has 1 heterocycles. The molecule has 7 heteroatoms. The van der Waals surface area contributed by atoms with Crippen LogP contribution in [0.25, 0.3) is 10.8 Å². The molecule has 0 aliphatic carbocycles. The number of hydrogen-bond acceptors (Lipinski definition) is 3. The zero-order chi connectivity index (χ0) is 26.2. The third-order valence-corrected chi connectivity index (χ3v) is 8.28. The van der Waals surface area contributed by atoms with E-state index in [2.05, 4.69) is 5.32 Å². The summed E-state index contributed by atoms with van der Waals surface area (Å²) in [4.78, 5) is 29.7. The molecule has 0 fully saturated rings. The predicted molar refractivity (Wildman–Crippen MR) is 151 cm³/mol. The number of rotatable bonds is 4. The molecule has 0 radical (unpaired) electrons. The Morgan fingerprint density at radius 1 is 0.816 bits per heavy atom. The minimum absolute atomic E-state index is 0.201. The molecule has 0 saturated heterocycles. The molecule has 0 saturated carbocycles. The van der Waals surface area contributed by atoms with E-state index in [1.165, 1.54) is 0 Å². The normalized spacial score (nSPS) is 14.5. The minimum Gasteiger partial charge on any atom is -0.321 e. The molecule has 0 bridgehead atoms. The molecular formula is C31H21ClN2O3S. The molecule has 5 aromatic rings. The molecule has 2 amide bonds. The second-order valence-electron chi connectivity index (χ2n) is 8.95. The lowest BCUT2D eigenvalue weighted by molar-refractivity contribution is 0.0979. The van der Waals surface area contributed by atoms with Gasteiger partial charge in [0.05, 0.1) is 38.4 Å². The zero-order valence-electron chi connectivity index (χ0n) is 20.1. The second-order valence-corrected chi connectivity index (χ2v) is 10.8. The van der Waals surface area contributed by atoms with Crippen LogP contribution in [-0.4, -0.2) is 16.0 Å². The summed E-state index contributed by atoms with van der Waals surface area (Å²) >= 11 is 6.22. The number of benzene rings is 5. The van der Waals surface area contributed by atoms with Gasteiger partial charge < -0.3 is 10.2 Å². The van der Waals surface area contributed by atoms with Gasteiger partial charge in [-0.05, 0) is 59.5 Å². The summed E-state index contributed by atoms with van der Waals surface area (Å²) in [6.07, 6.45) is 0. The molecule has 1 aliphatic heterocycles. The first-order chi connectivity index (χ1) is 18.5. The lowest BCUT2D eigenvalue weighted by atomic mass is 10.1. The number of anilines is 2. The van der Waals surface area contributed by atoms with Gasteiger partial charge in [-0.1, -0.05) is 72.3 Å². The topological polar surface area (TPSA) is 66.5 Å². The van der Waals surface area contributed by atoms with Crippen LogP contribution in [0.1, 0.15) is 26.3 Å². The molecule has 1 aliphatic rings. The smallest absolute Gasteiger partial charge is 0.259 e. The maximum atomic E-state index is 13.8. The predicted octanol–water partition coefficient (Wildman–Crippen LogP) is 7.07. The molecule has 6 rings (SSSR count). The van der Waals surface area contributed by atoms with Gasteiger partial charge in [-0.3, -0.25) is 9.59 Å². The van der Waals surface area contributed by atoms with Gasteiger partial charge in [0.1, 0.15) is 0 Å². The van der Waals surface area contributed by atoms with Crippen molar-refractivity contribution in [3.8, 4) is 0 Å². The summed E-state index contributed by atoms with van der Waals surface area (Å²) < 4.78 is 13.7. The average Bonchev–Trinajstić information content (AvgIpc) is 3.02. The fraction of sp³-hybridized carbons (Fsp3) is 0.0323. The lowest BCUT2D eigenvalue weighted by Crippen LogP contribution is -2.30. The highest BCUT2D eigenvalue weighted by atomic mass is 35.5. The van der Waals surface area contributed by atoms with Gasteiger partial charge in [0.25, 0.3) is 11.8 Å². The van der Waals surface area contributed by atoms with E-state index in [4.69, 9.17) is 11.6 Å². The number of fused-ring (bicyclic) bond motifs is 3. The van der Waals surface area contributed by atoms with Crippen molar-refractivity contribution < 1.29 is 13.8 Å². The molecule has 1 atom stereocenters. The van der Waals surface area contributed by atoms with Crippen LogP contribution in [0.3, 0.4) is 0 Å². The number of amides is 2. The maximum absolute atomic E-state index is 13.8. The Bertz CT molecular complexity index is 1760. The molecule has 5 nitrogen and oxygen atoms in total. The van der Waals surface area contributed by atoms with Crippen molar-refractivity contribution in [3.05, 3.63) is 131 Å². The fourth-order valence-electron chi connectivity index (χ4n) is 4.71. The highest BCUT2D eigenvalue weighted by Gasteiger charge is 2.31. The van der Waals surface area contributed by atoms with Crippen molar-refractivity contribution in [2.75, 3.05) is 10.2 Å². The van der Waals surface area contributed by atoms with E-state index in [1.807, 2.05) is 54.6 Å². The molecular weight excluding hydrogens is 516 g/mol. The van der Waals surface area contributed by atoms with Crippen LogP contribution < -0.4 is 10.2 Å². The summed E-state index contributed by atoms with van der Waals surface area (Å²) in [5.74, 6) is -0.619.